The fourth-order valence-corrected chi connectivity index (χ4v) is 4.62. The second-order valence-electron chi connectivity index (χ2n) is 10.4. The van der Waals surface area contributed by atoms with Crippen molar-refractivity contribution in [3.8, 4) is 0 Å². The van der Waals surface area contributed by atoms with Gasteiger partial charge in [-0.25, -0.2) is 4.98 Å². The van der Waals surface area contributed by atoms with Crippen molar-refractivity contribution in [2.75, 3.05) is 34.4 Å². The van der Waals surface area contributed by atoms with Crippen molar-refractivity contribution in [2.24, 2.45) is 11.8 Å². The first kappa shape index (κ1) is 29.3. The molecule has 1 heterocycles. The van der Waals surface area contributed by atoms with Crippen molar-refractivity contribution in [1.82, 2.24) is 4.98 Å². The SMILES string of the molecule is CCCCC(CC)CNc1ccc(Nc2cccc(Nc3ccc(NCC(CC)CCCC)cc3)n2)cc1. The van der Waals surface area contributed by atoms with Gasteiger partial charge in [-0.3, -0.25) is 0 Å². The summed E-state index contributed by atoms with van der Waals surface area (Å²) >= 11 is 0. The van der Waals surface area contributed by atoms with Crippen LogP contribution < -0.4 is 21.3 Å². The average Bonchev–Trinajstić information content (AvgIpc) is 2.95. The Morgan fingerprint density at radius 2 is 0.947 bits per heavy atom. The molecule has 2 atom stereocenters. The maximum Gasteiger partial charge on any atom is 0.132 e. The predicted molar refractivity (Wildman–Crippen MR) is 167 cm³/mol. The third-order valence-corrected chi connectivity index (χ3v) is 7.34. The van der Waals surface area contributed by atoms with E-state index in [0.29, 0.717) is 0 Å². The molecule has 2 unspecified atom stereocenters. The van der Waals surface area contributed by atoms with Crippen molar-refractivity contribution in [3.63, 3.8) is 0 Å². The summed E-state index contributed by atoms with van der Waals surface area (Å²) < 4.78 is 0. The Morgan fingerprint density at radius 3 is 1.32 bits per heavy atom. The van der Waals surface area contributed by atoms with Crippen LogP contribution in [0.2, 0.25) is 0 Å². The minimum Gasteiger partial charge on any atom is -0.385 e. The monoisotopic (exact) mass is 515 g/mol. The molecular weight excluding hydrogens is 466 g/mol. The normalized spacial score (nSPS) is 12.5. The van der Waals surface area contributed by atoms with Gasteiger partial charge in [-0.05, 0) is 85.3 Å². The van der Waals surface area contributed by atoms with E-state index in [2.05, 4.69) is 97.5 Å². The third-order valence-electron chi connectivity index (χ3n) is 7.34. The van der Waals surface area contributed by atoms with Crippen molar-refractivity contribution >= 4 is 34.4 Å². The van der Waals surface area contributed by atoms with Crippen LogP contribution in [0.15, 0.2) is 66.7 Å². The number of aromatic nitrogens is 1. The lowest BCUT2D eigenvalue weighted by Gasteiger charge is -2.16. The van der Waals surface area contributed by atoms with Crippen molar-refractivity contribution in [2.45, 2.75) is 79.1 Å². The lowest BCUT2D eigenvalue weighted by molar-refractivity contribution is 0.473. The van der Waals surface area contributed by atoms with Gasteiger partial charge < -0.3 is 21.3 Å². The van der Waals surface area contributed by atoms with Gasteiger partial charge in [0.25, 0.3) is 0 Å². The maximum atomic E-state index is 4.75. The first-order valence-electron chi connectivity index (χ1n) is 14.8. The van der Waals surface area contributed by atoms with Gasteiger partial charge in [0.15, 0.2) is 0 Å². The molecule has 0 radical (unpaired) electrons. The topological polar surface area (TPSA) is 61.0 Å². The highest BCUT2D eigenvalue weighted by molar-refractivity contribution is 5.64. The number of unbranched alkanes of at least 4 members (excludes halogenated alkanes) is 2. The molecule has 0 fully saturated rings. The van der Waals surface area contributed by atoms with Crippen LogP contribution in [0.5, 0.6) is 0 Å². The molecule has 5 heteroatoms. The smallest absolute Gasteiger partial charge is 0.132 e. The molecule has 5 nitrogen and oxygen atoms in total. The fraction of sp³-hybridized carbons (Fsp3) is 0.485. The van der Waals surface area contributed by atoms with Gasteiger partial charge in [-0.1, -0.05) is 72.3 Å². The van der Waals surface area contributed by atoms with Gasteiger partial charge in [-0.15, -0.1) is 0 Å². The minimum absolute atomic E-state index is 0.739. The summed E-state index contributed by atoms with van der Waals surface area (Å²) in [5.74, 6) is 3.11. The van der Waals surface area contributed by atoms with E-state index in [9.17, 15) is 0 Å². The summed E-state index contributed by atoms with van der Waals surface area (Å²) in [5, 5.41) is 14.1. The molecule has 4 N–H and O–H groups in total. The Kier molecular flexibility index (Phi) is 12.8. The van der Waals surface area contributed by atoms with E-state index in [0.717, 1.165) is 59.3 Å². The molecule has 1 aromatic heterocycles. The number of anilines is 6. The Morgan fingerprint density at radius 1 is 0.553 bits per heavy atom. The summed E-state index contributed by atoms with van der Waals surface area (Å²) in [6.45, 7) is 11.2. The lowest BCUT2D eigenvalue weighted by Crippen LogP contribution is -2.13. The first-order valence-corrected chi connectivity index (χ1v) is 14.8. The van der Waals surface area contributed by atoms with Crippen LogP contribution in [0.25, 0.3) is 0 Å². The standard InChI is InChI=1S/C33H49N5/c1-5-9-12-26(7-3)24-34-28-16-20-30(21-17-28)36-32-14-11-15-33(38-32)37-31-22-18-29(19-23-31)35-25-27(8-4)13-10-6-2/h11,14-23,26-27,34-35H,5-10,12-13,24-25H2,1-4H3,(H2,36,37,38). The Balaban J connectivity index is 1.49. The Labute approximate surface area is 231 Å². The number of rotatable bonds is 18. The van der Waals surface area contributed by atoms with Gasteiger partial charge in [-0.2, -0.15) is 0 Å². The van der Waals surface area contributed by atoms with Crippen LogP contribution in [0.4, 0.5) is 34.4 Å². The summed E-state index contributed by atoms with van der Waals surface area (Å²) in [4.78, 5) is 4.75. The van der Waals surface area contributed by atoms with Crippen molar-refractivity contribution in [3.05, 3.63) is 66.7 Å². The van der Waals surface area contributed by atoms with Gasteiger partial charge in [0, 0.05) is 35.8 Å². The minimum atomic E-state index is 0.739. The van der Waals surface area contributed by atoms with E-state index < -0.39 is 0 Å². The highest BCUT2D eigenvalue weighted by Crippen LogP contribution is 2.23. The molecule has 0 aliphatic rings. The van der Waals surface area contributed by atoms with Gasteiger partial charge >= 0.3 is 0 Å². The molecule has 2 aromatic carbocycles. The molecule has 0 spiro atoms. The molecule has 0 bridgehead atoms. The van der Waals surface area contributed by atoms with E-state index in [1.807, 2.05) is 18.2 Å². The van der Waals surface area contributed by atoms with E-state index in [4.69, 9.17) is 4.98 Å². The Hall–Kier alpha value is -3.21. The van der Waals surface area contributed by atoms with E-state index in [1.54, 1.807) is 0 Å². The fourth-order valence-electron chi connectivity index (χ4n) is 4.62. The molecule has 0 aliphatic heterocycles. The number of nitrogens with zero attached hydrogens (tertiary/aromatic N) is 1. The highest BCUT2D eigenvalue weighted by atomic mass is 15.1. The molecule has 0 aliphatic carbocycles. The zero-order valence-electron chi connectivity index (χ0n) is 24.0. The van der Waals surface area contributed by atoms with Crippen molar-refractivity contribution in [1.29, 1.82) is 0 Å². The predicted octanol–water partition coefficient (Wildman–Crippen LogP) is 9.83. The molecule has 0 saturated carbocycles. The number of pyridine rings is 1. The molecule has 0 saturated heterocycles. The molecule has 0 amide bonds. The zero-order chi connectivity index (χ0) is 27.0. The van der Waals surface area contributed by atoms with E-state index >= 15 is 0 Å². The summed E-state index contributed by atoms with van der Waals surface area (Å²) in [5.41, 5.74) is 4.38. The number of nitrogens with one attached hydrogen (secondary N) is 4. The molecule has 3 aromatic rings. The van der Waals surface area contributed by atoms with Crippen LogP contribution in [0, 0.1) is 11.8 Å². The number of benzene rings is 2. The molecule has 38 heavy (non-hydrogen) atoms. The van der Waals surface area contributed by atoms with Gasteiger partial charge in [0.05, 0.1) is 0 Å². The Bertz CT molecular complexity index is 951. The average molecular weight is 516 g/mol. The number of hydrogen-bond acceptors (Lipinski definition) is 5. The highest BCUT2D eigenvalue weighted by Gasteiger charge is 2.07. The summed E-state index contributed by atoms with van der Waals surface area (Å²) in [6.07, 6.45) is 10.2. The van der Waals surface area contributed by atoms with Crippen LogP contribution in [0.1, 0.15) is 79.1 Å². The second-order valence-corrected chi connectivity index (χ2v) is 10.4. The second kappa shape index (κ2) is 16.6. The third kappa shape index (κ3) is 10.3. The maximum absolute atomic E-state index is 4.75. The van der Waals surface area contributed by atoms with Crippen LogP contribution in [0.3, 0.4) is 0 Å². The molecule has 3 rings (SSSR count). The number of hydrogen-bond donors (Lipinski definition) is 4. The molecule has 206 valence electrons. The zero-order valence-corrected chi connectivity index (χ0v) is 24.0. The van der Waals surface area contributed by atoms with Crippen molar-refractivity contribution < 1.29 is 0 Å². The summed E-state index contributed by atoms with van der Waals surface area (Å²) in [7, 11) is 0. The van der Waals surface area contributed by atoms with Gasteiger partial charge in [0.2, 0.25) is 0 Å². The van der Waals surface area contributed by atoms with Gasteiger partial charge in [0.1, 0.15) is 11.6 Å². The van der Waals surface area contributed by atoms with Crippen LogP contribution in [-0.2, 0) is 0 Å². The quantitative estimate of drug-likeness (QED) is 0.136. The van der Waals surface area contributed by atoms with Crippen LogP contribution in [-0.4, -0.2) is 18.1 Å². The van der Waals surface area contributed by atoms with E-state index in [1.165, 1.54) is 51.4 Å². The first-order chi connectivity index (χ1) is 18.6. The largest absolute Gasteiger partial charge is 0.385 e. The summed E-state index contributed by atoms with van der Waals surface area (Å²) in [6, 6.07) is 23.0. The molecular formula is C33H49N5. The van der Waals surface area contributed by atoms with Crippen LogP contribution >= 0.6 is 0 Å². The van der Waals surface area contributed by atoms with E-state index in [-0.39, 0.29) is 0 Å². The lowest BCUT2D eigenvalue weighted by atomic mass is 9.99.